The molecule has 2 aromatic carbocycles. The topological polar surface area (TPSA) is 64.0 Å². The van der Waals surface area contributed by atoms with Gasteiger partial charge in [-0.05, 0) is 56.5 Å². The summed E-state index contributed by atoms with van der Waals surface area (Å²) in [7, 11) is 0. The van der Waals surface area contributed by atoms with Crippen molar-refractivity contribution in [1.82, 2.24) is 14.9 Å². The number of fused-ring (bicyclic) bond motifs is 1. The van der Waals surface area contributed by atoms with Gasteiger partial charge in [-0.2, -0.15) is 0 Å². The van der Waals surface area contributed by atoms with E-state index in [2.05, 4.69) is 30.2 Å². The van der Waals surface area contributed by atoms with E-state index in [4.69, 9.17) is 0 Å². The monoisotopic (exact) mass is 349 g/mol. The highest BCUT2D eigenvalue weighted by molar-refractivity contribution is 5.79. The molecule has 0 aliphatic heterocycles. The van der Waals surface area contributed by atoms with Crippen LogP contribution in [0.25, 0.3) is 10.9 Å². The van der Waals surface area contributed by atoms with E-state index in [1.165, 1.54) is 22.0 Å². The fourth-order valence-corrected chi connectivity index (χ4v) is 2.94. The summed E-state index contributed by atoms with van der Waals surface area (Å²) in [6.45, 7) is 7.92. The fraction of sp³-hybridized carbons (Fsp3) is 0.286. The van der Waals surface area contributed by atoms with Crippen LogP contribution >= 0.6 is 0 Å². The van der Waals surface area contributed by atoms with Crippen molar-refractivity contribution < 1.29 is 4.79 Å². The summed E-state index contributed by atoms with van der Waals surface area (Å²) in [5.74, 6) is -0.216. The summed E-state index contributed by atoms with van der Waals surface area (Å²) >= 11 is 0. The van der Waals surface area contributed by atoms with Crippen LogP contribution in [0.4, 0.5) is 0 Å². The molecule has 134 valence electrons. The Morgan fingerprint density at radius 3 is 2.62 bits per heavy atom. The molecular weight excluding hydrogens is 326 g/mol. The molecule has 0 aliphatic carbocycles. The van der Waals surface area contributed by atoms with Gasteiger partial charge in [0.2, 0.25) is 5.91 Å². The molecule has 1 aromatic heterocycles. The second-order valence-electron chi connectivity index (χ2n) is 6.83. The van der Waals surface area contributed by atoms with Gasteiger partial charge in [-0.15, -0.1) is 0 Å². The Balaban J connectivity index is 1.77. The summed E-state index contributed by atoms with van der Waals surface area (Å²) < 4.78 is 1.35. The van der Waals surface area contributed by atoms with Crippen LogP contribution in [-0.4, -0.2) is 15.5 Å². The van der Waals surface area contributed by atoms with Crippen LogP contribution in [0.5, 0.6) is 0 Å². The average Bonchev–Trinajstić information content (AvgIpc) is 2.60. The van der Waals surface area contributed by atoms with Crippen molar-refractivity contribution in [2.75, 3.05) is 0 Å². The van der Waals surface area contributed by atoms with Crippen molar-refractivity contribution in [3.05, 3.63) is 75.3 Å². The standard InChI is InChI=1S/C21H23N3O2/c1-13-5-8-19-18(9-13)21(26)24(12-22-19)11-20(25)23-16(4)17-7-6-14(2)15(3)10-17/h5-10,12,16H,11H2,1-4H3,(H,23,25)/t16-/m0/s1. The Morgan fingerprint density at radius 1 is 1.12 bits per heavy atom. The van der Waals surface area contributed by atoms with Crippen molar-refractivity contribution >= 4 is 16.8 Å². The largest absolute Gasteiger partial charge is 0.348 e. The maximum absolute atomic E-state index is 12.6. The smallest absolute Gasteiger partial charge is 0.261 e. The molecule has 5 heteroatoms. The Hall–Kier alpha value is -2.95. The minimum absolute atomic E-state index is 0.0507. The van der Waals surface area contributed by atoms with Gasteiger partial charge in [-0.25, -0.2) is 4.98 Å². The zero-order chi connectivity index (χ0) is 18.8. The lowest BCUT2D eigenvalue weighted by atomic mass is 10.0. The molecule has 26 heavy (non-hydrogen) atoms. The number of benzene rings is 2. The van der Waals surface area contributed by atoms with E-state index in [0.717, 1.165) is 11.1 Å². The average molecular weight is 349 g/mol. The Kier molecular flexibility index (Phi) is 4.89. The van der Waals surface area contributed by atoms with Gasteiger partial charge in [-0.3, -0.25) is 14.2 Å². The Labute approximate surface area is 152 Å². The molecule has 0 bridgehead atoms. The normalized spacial score (nSPS) is 12.2. The summed E-state index contributed by atoms with van der Waals surface area (Å²) in [4.78, 5) is 29.3. The Bertz CT molecular complexity index is 1040. The van der Waals surface area contributed by atoms with E-state index in [0.29, 0.717) is 10.9 Å². The molecule has 0 aliphatic rings. The third-order valence-electron chi connectivity index (χ3n) is 4.70. The van der Waals surface area contributed by atoms with Gasteiger partial charge in [0.05, 0.1) is 23.3 Å². The fourth-order valence-electron chi connectivity index (χ4n) is 2.94. The van der Waals surface area contributed by atoms with Crippen molar-refractivity contribution in [1.29, 1.82) is 0 Å². The molecule has 3 aromatic rings. The number of hydrogen-bond acceptors (Lipinski definition) is 3. The second kappa shape index (κ2) is 7.12. The van der Waals surface area contributed by atoms with Gasteiger partial charge >= 0.3 is 0 Å². The van der Waals surface area contributed by atoms with Crippen LogP contribution in [-0.2, 0) is 11.3 Å². The lowest BCUT2D eigenvalue weighted by Crippen LogP contribution is -2.34. The molecule has 0 saturated carbocycles. The first-order valence-electron chi connectivity index (χ1n) is 8.67. The lowest BCUT2D eigenvalue weighted by Gasteiger charge is -2.16. The quantitative estimate of drug-likeness (QED) is 0.787. The molecule has 1 N–H and O–H groups in total. The first-order valence-corrected chi connectivity index (χ1v) is 8.67. The zero-order valence-corrected chi connectivity index (χ0v) is 15.5. The number of carbonyl (C=O) groups is 1. The van der Waals surface area contributed by atoms with Gasteiger partial charge in [0, 0.05) is 0 Å². The number of aromatic nitrogens is 2. The number of nitrogens with one attached hydrogen (secondary N) is 1. The van der Waals surface area contributed by atoms with Crippen LogP contribution in [0.1, 0.15) is 35.2 Å². The third kappa shape index (κ3) is 3.67. The number of aryl methyl sites for hydroxylation is 3. The number of hydrogen-bond donors (Lipinski definition) is 1. The molecule has 0 unspecified atom stereocenters. The predicted octanol–water partition coefficient (Wildman–Crippen LogP) is 3.20. The van der Waals surface area contributed by atoms with E-state index < -0.39 is 0 Å². The highest BCUT2D eigenvalue weighted by Gasteiger charge is 2.12. The van der Waals surface area contributed by atoms with E-state index in [-0.39, 0.29) is 24.1 Å². The minimum Gasteiger partial charge on any atom is -0.348 e. The minimum atomic E-state index is -0.216. The highest BCUT2D eigenvalue weighted by Crippen LogP contribution is 2.16. The van der Waals surface area contributed by atoms with Crippen LogP contribution in [0, 0.1) is 20.8 Å². The van der Waals surface area contributed by atoms with Crippen LogP contribution < -0.4 is 10.9 Å². The van der Waals surface area contributed by atoms with Gasteiger partial charge < -0.3 is 5.32 Å². The SMILES string of the molecule is Cc1ccc2ncn(CC(=O)N[C@@H](C)c3ccc(C)c(C)c3)c(=O)c2c1. The molecule has 0 spiro atoms. The highest BCUT2D eigenvalue weighted by atomic mass is 16.2. The molecule has 0 fully saturated rings. The molecule has 0 saturated heterocycles. The molecule has 3 rings (SSSR count). The van der Waals surface area contributed by atoms with Crippen LogP contribution in [0.3, 0.4) is 0 Å². The van der Waals surface area contributed by atoms with Crippen molar-refractivity contribution in [3.63, 3.8) is 0 Å². The maximum Gasteiger partial charge on any atom is 0.261 e. The second-order valence-corrected chi connectivity index (χ2v) is 6.83. The summed E-state index contributed by atoms with van der Waals surface area (Å²) in [5.41, 5.74) is 4.88. The first-order chi connectivity index (χ1) is 12.3. The first kappa shape index (κ1) is 17.9. The molecule has 1 heterocycles. The lowest BCUT2D eigenvalue weighted by molar-refractivity contribution is -0.122. The van der Waals surface area contributed by atoms with Gasteiger partial charge in [-0.1, -0.05) is 29.8 Å². The maximum atomic E-state index is 12.6. The number of rotatable bonds is 4. The number of nitrogens with zero attached hydrogens (tertiary/aromatic N) is 2. The van der Waals surface area contributed by atoms with Gasteiger partial charge in [0.25, 0.3) is 5.56 Å². The molecule has 0 radical (unpaired) electrons. The van der Waals surface area contributed by atoms with E-state index in [1.807, 2.05) is 38.1 Å². The van der Waals surface area contributed by atoms with Crippen molar-refractivity contribution in [3.8, 4) is 0 Å². The summed E-state index contributed by atoms with van der Waals surface area (Å²) in [6.07, 6.45) is 1.43. The summed E-state index contributed by atoms with van der Waals surface area (Å²) in [6, 6.07) is 11.5. The number of amides is 1. The Morgan fingerprint density at radius 2 is 1.88 bits per heavy atom. The van der Waals surface area contributed by atoms with Gasteiger partial charge in [0.1, 0.15) is 6.54 Å². The molecule has 5 nitrogen and oxygen atoms in total. The zero-order valence-electron chi connectivity index (χ0n) is 15.5. The molecule has 1 atom stereocenters. The van der Waals surface area contributed by atoms with Crippen molar-refractivity contribution in [2.24, 2.45) is 0 Å². The van der Waals surface area contributed by atoms with Crippen LogP contribution in [0.2, 0.25) is 0 Å². The van der Waals surface area contributed by atoms with Crippen LogP contribution in [0.15, 0.2) is 47.5 Å². The van der Waals surface area contributed by atoms with E-state index >= 15 is 0 Å². The van der Waals surface area contributed by atoms with Gasteiger partial charge in [0.15, 0.2) is 0 Å². The van der Waals surface area contributed by atoms with Crippen molar-refractivity contribution in [2.45, 2.75) is 40.3 Å². The third-order valence-corrected chi connectivity index (χ3v) is 4.70. The molecular formula is C21H23N3O2. The van der Waals surface area contributed by atoms with E-state index in [9.17, 15) is 9.59 Å². The van der Waals surface area contributed by atoms with E-state index in [1.54, 1.807) is 6.07 Å². The summed E-state index contributed by atoms with van der Waals surface area (Å²) in [5, 5.41) is 3.48. The predicted molar refractivity (Wildman–Crippen MR) is 103 cm³/mol. The number of carbonyl (C=O) groups excluding carboxylic acids is 1. The molecule has 1 amide bonds.